The summed E-state index contributed by atoms with van der Waals surface area (Å²) in [5.74, 6) is 7.08. The molecule has 0 aliphatic heterocycles. The van der Waals surface area contributed by atoms with E-state index in [1.807, 2.05) is 0 Å². The van der Waals surface area contributed by atoms with Crippen molar-refractivity contribution in [3.05, 3.63) is 32.8 Å². The molecule has 68 valence electrons. The van der Waals surface area contributed by atoms with Crippen LogP contribution in [0, 0.1) is 0 Å². The molecule has 0 amide bonds. The highest BCUT2D eigenvalue weighted by atomic mass is 35.5. The highest BCUT2D eigenvalue weighted by molar-refractivity contribution is 6.41. The number of carbonyl (C=O) groups is 1. The van der Waals surface area contributed by atoms with Crippen LogP contribution in [0.15, 0.2) is 12.1 Å². The lowest BCUT2D eigenvalue weighted by atomic mass is 10.2. The van der Waals surface area contributed by atoms with Gasteiger partial charge >= 0.3 is 5.97 Å². The third kappa shape index (κ3) is 2.25. The van der Waals surface area contributed by atoms with E-state index in [-0.39, 0.29) is 15.6 Å². The van der Waals surface area contributed by atoms with Crippen LogP contribution < -0.4 is 5.90 Å². The number of hydrogen-bond donors (Lipinski definition) is 0. The van der Waals surface area contributed by atoms with Gasteiger partial charge in [-0.3, -0.25) is 0 Å². The number of benzene rings is 1. The molecule has 0 atom stereocenters. The van der Waals surface area contributed by atoms with Gasteiger partial charge in [0.15, 0.2) is 0 Å². The van der Waals surface area contributed by atoms with Gasteiger partial charge in [0.2, 0.25) is 0 Å². The van der Waals surface area contributed by atoms with E-state index in [1.165, 1.54) is 12.1 Å². The first-order chi connectivity index (χ1) is 6.06. The zero-order valence-corrected chi connectivity index (χ0v) is 8.32. The van der Waals surface area contributed by atoms with Gasteiger partial charge in [-0.25, -0.2) is 4.79 Å². The standard InChI is InChI=1S/C7H2Cl3NO2/c8-3-1-4(9)6(5(10)2-3)7(12)13-11/h1-2H. The van der Waals surface area contributed by atoms with Crippen molar-refractivity contribution in [1.82, 2.24) is 5.90 Å². The molecule has 0 saturated carbocycles. The summed E-state index contributed by atoms with van der Waals surface area (Å²) in [7, 11) is 0. The predicted molar refractivity (Wildman–Crippen MR) is 49.0 cm³/mol. The summed E-state index contributed by atoms with van der Waals surface area (Å²) in [5.41, 5.74) is -0.116. The molecule has 1 rings (SSSR count). The third-order valence-corrected chi connectivity index (χ3v) is 2.11. The van der Waals surface area contributed by atoms with E-state index in [0.717, 1.165) is 0 Å². The van der Waals surface area contributed by atoms with Gasteiger partial charge in [0.05, 0.1) is 15.6 Å². The molecule has 3 nitrogen and oxygen atoms in total. The quantitative estimate of drug-likeness (QED) is 0.706. The minimum Gasteiger partial charge on any atom is -0.324 e. The van der Waals surface area contributed by atoms with Crippen LogP contribution in [0.25, 0.3) is 0 Å². The Morgan fingerprint density at radius 3 is 2.08 bits per heavy atom. The number of halogens is 3. The fraction of sp³-hybridized carbons (Fsp3) is 0. The lowest BCUT2D eigenvalue weighted by Crippen LogP contribution is -2.04. The van der Waals surface area contributed by atoms with E-state index in [1.54, 1.807) is 0 Å². The molecule has 0 N–H and O–H groups in total. The van der Waals surface area contributed by atoms with Crippen molar-refractivity contribution in [2.24, 2.45) is 0 Å². The lowest BCUT2D eigenvalue weighted by Gasteiger charge is -2.02. The SMILES string of the molecule is [N]OC(=O)c1c(Cl)cc(Cl)cc1Cl. The van der Waals surface area contributed by atoms with Gasteiger partial charge in [-0.05, 0) is 12.1 Å². The Balaban J connectivity index is 3.28. The second kappa shape index (κ2) is 4.15. The Bertz CT molecular complexity index is 331. The van der Waals surface area contributed by atoms with Crippen LogP contribution in [-0.4, -0.2) is 5.97 Å². The molecule has 0 aliphatic rings. The van der Waals surface area contributed by atoms with Gasteiger partial charge in [-0.1, -0.05) is 34.8 Å². The van der Waals surface area contributed by atoms with Gasteiger partial charge in [0, 0.05) is 5.02 Å². The van der Waals surface area contributed by atoms with Crippen LogP contribution in [0.3, 0.4) is 0 Å². The molecule has 0 saturated heterocycles. The van der Waals surface area contributed by atoms with E-state index in [9.17, 15) is 4.79 Å². The van der Waals surface area contributed by atoms with Crippen molar-refractivity contribution in [1.29, 1.82) is 0 Å². The summed E-state index contributed by atoms with van der Waals surface area (Å²) >= 11 is 16.8. The molecular weight excluding hydrogens is 236 g/mol. The zero-order chi connectivity index (χ0) is 10.0. The molecule has 0 heterocycles. The molecule has 13 heavy (non-hydrogen) atoms. The minimum absolute atomic E-state index is 0.0246. The lowest BCUT2D eigenvalue weighted by molar-refractivity contribution is 0.0464. The molecule has 0 bridgehead atoms. The summed E-state index contributed by atoms with van der Waals surface area (Å²) in [6.07, 6.45) is 0. The number of carbonyl (C=O) groups excluding carboxylic acids is 1. The largest absolute Gasteiger partial charge is 0.363 e. The first-order valence-electron chi connectivity index (χ1n) is 3.06. The fourth-order valence-electron chi connectivity index (χ4n) is 0.783. The summed E-state index contributed by atoms with van der Waals surface area (Å²) in [6.45, 7) is 0. The fourth-order valence-corrected chi connectivity index (χ4v) is 1.75. The van der Waals surface area contributed by atoms with E-state index >= 15 is 0 Å². The van der Waals surface area contributed by atoms with Gasteiger partial charge in [-0.2, -0.15) is 0 Å². The molecule has 2 radical (unpaired) electrons. The third-order valence-electron chi connectivity index (χ3n) is 1.29. The van der Waals surface area contributed by atoms with Gasteiger partial charge in [-0.15, -0.1) is 0 Å². The summed E-state index contributed by atoms with van der Waals surface area (Å²) in [6, 6.07) is 2.64. The van der Waals surface area contributed by atoms with E-state index in [2.05, 4.69) is 4.84 Å². The van der Waals surface area contributed by atoms with Gasteiger partial charge in [0.1, 0.15) is 5.90 Å². The van der Waals surface area contributed by atoms with Crippen LogP contribution in [0.5, 0.6) is 0 Å². The average molecular weight is 238 g/mol. The van der Waals surface area contributed by atoms with E-state index < -0.39 is 5.97 Å². The number of hydrogen-bond acceptors (Lipinski definition) is 2. The minimum atomic E-state index is -1.02. The monoisotopic (exact) mass is 237 g/mol. The maximum atomic E-state index is 10.9. The normalized spacial score (nSPS) is 9.85. The van der Waals surface area contributed by atoms with Crippen molar-refractivity contribution >= 4 is 40.8 Å². The molecule has 0 spiro atoms. The van der Waals surface area contributed by atoms with Gasteiger partial charge in [0.25, 0.3) is 0 Å². The van der Waals surface area contributed by atoms with Crippen LogP contribution in [0.1, 0.15) is 10.4 Å². The first kappa shape index (κ1) is 10.6. The molecule has 1 aromatic rings. The molecule has 0 aliphatic carbocycles. The second-order valence-electron chi connectivity index (χ2n) is 2.12. The molecule has 1 aromatic carbocycles. The maximum Gasteiger partial charge on any atom is 0.363 e. The Kier molecular flexibility index (Phi) is 3.39. The van der Waals surface area contributed by atoms with Crippen LogP contribution in [0.4, 0.5) is 0 Å². The summed E-state index contributed by atoms with van der Waals surface area (Å²) in [5, 5.41) is 0.345. The highest BCUT2D eigenvalue weighted by Crippen LogP contribution is 2.29. The van der Waals surface area contributed by atoms with Crippen molar-refractivity contribution in [3.63, 3.8) is 0 Å². The van der Waals surface area contributed by atoms with E-state index in [0.29, 0.717) is 5.02 Å². The molecule has 0 aromatic heterocycles. The predicted octanol–water partition coefficient (Wildman–Crippen LogP) is 2.79. The van der Waals surface area contributed by atoms with Crippen molar-refractivity contribution in [3.8, 4) is 0 Å². The van der Waals surface area contributed by atoms with Crippen LogP contribution in [-0.2, 0) is 4.84 Å². The molecule has 0 fully saturated rings. The van der Waals surface area contributed by atoms with Crippen LogP contribution in [0.2, 0.25) is 15.1 Å². The Morgan fingerprint density at radius 2 is 1.69 bits per heavy atom. The first-order valence-corrected chi connectivity index (χ1v) is 4.20. The maximum absolute atomic E-state index is 10.9. The smallest absolute Gasteiger partial charge is 0.324 e. The van der Waals surface area contributed by atoms with Crippen LogP contribution >= 0.6 is 34.8 Å². The van der Waals surface area contributed by atoms with Gasteiger partial charge < -0.3 is 4.84 Å². The zero-order valence-electron chi connectivity index (χ0n) is 6.05. The topological polar surface area (TPSA) is 48.6 Å². The number of rotatable bonds is 1. The second-order valence-corrected chi connectivity index (χ2v) is 3.37. The molecule has 0 unspecified atom stereocenters. The van der Waals surface area contributed by atoms with Crippen molar-refractivity contribution in [2.45, 2.75) is 0 Å². The molecular formula is C7H2Cl3NO2. The van der Waals surface area contributed by atoms with Crippen molar-refractivity contribution in [2.75, 3.05) is 0 Å². The number of nitrogens with zero attached hydrogens (tertiary/aromatic N) is 1. The van der Waals surface area contributed by atoms with Crippen molar-refractivity contribution < 1.29 is 9.63 Å². The Hall–Kier alpha value is -0.480. The molecule has 6 heteroatoms. The Labute approximate surface area is 89.3 Å². The van der Waals surface area contributed by atoms with E-state index in [4.69, 9.17) is 40.7 Å². The highest BCUT2D eigenvalue weighted by Gasteiger charge is 2.17. The summed E-state index contributed by atoms with van der Waals surface area (Å²) < 4.78 is 0. The average Bonchev–Trinajstić information content (AvgIpc) is 2.02. The summed E-state index contributed by atoms with van der Waals surface area (Å²) in [4.78, 5) is 14.4. The Morgan fingerprint density at radius 1 is 1.23 bits per heavy atom.